The van der Waals surface area contributed by atoms with E-state index in [4.69, 9.17) is 23.2 Å². The molecular weight excluding hydrogens is 257 g/mol. The van der Waals surface area contributed by atoms with Crippen molar-refractivity contribution in [3.05, 3.63) is 34.2 Å². The molecule has 0 unspecified atom stereocenters. The Bertz CT molecular complexity index is 552. The van der Waals surface area contributed by atoms with Crippen LogP contribution in [0.1, 0.15) is 12.5 Å². The molecule has 0 aliphatic carbocycles. The zero-order valence-electron chi connectivity index (χ0n) is 8.14. The smallest absolute Gasteiger partial charge is 0.218 e. The van der Waals surface area contributed by atoms with Crippen molar-refractivity contribution in [1.82, 2.24) is 9.97 Å². The minimum Gasteiger partial charge on any atom is -0.218 e. The highest BCUT2D eigenvalue weighted by molar-refractivity contribution is 6.35. The molecule has 1 aromatic carbocycles. The molecule has 0 saturated heterocycles. The average Bonchev–Trinajstić information content (AvgIpc) is 2.15. The summed E-state index contributed by atoms with van der Waals surface area (Å²) in [5.41, 5.74) is 0.176. The third-order valence-corrected chi connectivity index (χ3v) is 2.59. The van der Waals surface area contributed by atoms with E-state index < -0.39 is 5.92 Å². The number of hydrogen-bond donors (Lipinski definition) is 0. The van der Waals surface area contributed by atoms with Crippen molar-refractivity contribution < 1.29 is 8.78 Å². The summed E-state index contributed by atoms with van der Waals surface area (Å²) in [6.45, 7) is 0.818. The van der Waals surface area contributed by atoms with Gasteiger partial charge in [0.15, 0.2) is 0 Å². The lowest BCUT2D eigenvalue weighted by Crippen LogP contribution is -2.06. The van der Waals surface area contributed by atoms with Crippen LogP contribution in [-0.2, 0) is 5.92 Å². The van der Waals surface area contributed by atoms with Crippen LogP contribution in [0, 0.1) is 0 Å². The van der Waals surface area contributed by atoms with Crippen LogP contribution in [-0.4, -0.2) is 9.97 Å². The fraction of sp³-hybridized carbons (Fsp3) is 0.200. The van der Waals surface area contributed by atoms with Crippen LogP contribution in [0.15, 0.2) is 18.2 Å². The Balaban J connectivity index is 2.71. The second kappa shape index (κ2) is 3.79. The van der Waals surface area contributed by atoms with Crippen LogP contribution >= 0.6 is 23.2 Å². The van der Waals surface area contributed by atoms with Gasteiger partial charge in [0, 0.05) is 17.9 Å². The highest BCUT2D eigenvalue weighted by Crippen LogP contribution is 2.30. The third-order valence-electron chi connectivity index (χ3n) is 2.13. The maximum atomic E-state index is 13.1. The van der Waals surface area contributed by atoms with E-state index in [1.165, 1.54) is 18.2 Å². The molecule has 2 nitrogen and oxygen atoms in total. The van der Waals surface area contributed by atoms with E-state index in [-0.39, 0.29) is 16.0 Å². The molecule has 0 N–H and O–H groups in total. The summed E-state index contributed by atoms with van der Waals surface area (Å²) in [5.74, 6) is -2.92. The fourth-order valence-corrected chi connectivity index (χ4v) is 1.80. The van der Waals surface area contributed by atoms with Crippen molar-refractivity contribution in [3.63, 3.8) is 0 Å². The van der Waals surface area contributed by atoms with Crippen LogP contribution in [0.4, 0.5) is 8.78 Å². The minimum atomic E-state index is -2.92. The number of halogens is 4. The number of rotatable bonds is 1. The lowest BCUT2D eigenvalue weighted by Gasteiger charge is -2.11. The van der Waals surface area contributed by atoms with E-state index >= 15 is 0 Å². The molecule has 2 rings (SSSR count). The predicted octanol–water partition coefficient (Wildman–Crippen LogP) is 4.05. The number of nitrogens with zero attached hydrogens (tertiary/aromatic N) is 2. The average molecular weight is 263 g/mol. The van der Waals surface area contributed by atoms with Crippen LogP contribution in [0.2, 0.25) is 10.4 Å². The first kappa shape index (κ1) is 11.5. The van der Waals surface area contributed by atoms with E-state index in [1.54, 1.807) is 0 Å². The van der Waals surface area contributed by atoms with Gasteiger partial charge in [-0.25, -0.2) is 18.7 Å². The first-order valence-electron chi connectivity index (χ1n) is 4.39. The summed E-state index contributed by atoms with van der Waals surface area (Å²) in [5, 5.41) is 0.592. The van der Waals surface area contributed by atoms with Crippen molar-refractivity contribution in [2.24, 2.45) is 0 Å². The molecule has 84 valence electrons. The van der Waals surface area contributed by atoms with Gasteiger partial charge < -0.3 is 0 Å². The first-order chi connectivity index (χ1) is 7.38. The Morgan fingerprint density at radius 1 is 1.19 bits per heavy atom. The second-order valence-electron chi connectivity index (χ2n) is 3.40. The summed E-state index contributed by atoms with van der Waals surface area (Å²) in [7, 11) is 0. The molecular formula is C10H6Cl2F2N2. The van der Waals surface area contributed by atoms with Gasteiger partial charge >= 0.3 is 0 Å². The molecule has 0 atom stereocenters. The van der Waals surface area contributed by atoms with Crippen molar-refractivity contribution in [2.75, 3.05) is 0 Å². The van der Waals surface area contributed by atoms with Crippen molar-refractivity contribution >= 4 is 34.1 Å². The molecule has 0 aliphatic heterocycles. The number of benzene rings is 1. The SMILES string of the molecule is CC(F)(F)c1ccc2c(Cl)nc(Cl)nc2c1. The van der Waals surface area contributed by atoms with E-state index in [0.29, 0.717) is 10.9 Å². The van der Waals surface area contributed by atoms with Crippen LogP contribution in [0.3, 0.4) is 0 Å². The molecule has 0 aliphatic rings. The van der Waals surface area contributed by atoms with Crippen LogP contribution in [0.5, 0.6) is 0 Å². The van der Waals surface area contributed by atoms with E-state index in [1.807, 2.05) is 0 Å². The van der Waals surface area contributed by atoms with E-state index in [9.17, 15) is 8.78 Å². The highest BCUT2D eigenvalue weighted by Gasteiger charge is 2.24. The molecule has 0 bridgehead atoms. The monoisotopic (exact) mass is 262 g/mol. The Morgan fingerprint density at radius 3 is 2.50 bits per heavy atom. The quantitative estimate of drug-likeness (QED) is 0.573. The lowest BCUT2D eigenvalue weighted by molar-refractivity contribution is 0.0176. The molecule has 0 saturated carbocycles. The Morgan fingerprint density at radius 2 is 1.88 bits per heavy atom. The number of fused-ring (bicyclic) bond motifs is 1. The number of hydrogen-bond acceptors (Lipinski definition) is 2. The van der Waals surface area contributed by atoms with Gasteiger partial charge in [0.25, 0.3) is 5.92 Å². The summed E-state index contributed by atoms with van der Waals surface area (Å²) in [6, 6.07) is 4.01. The van der Waals surface area contributed by atoms with Gasteiger partial charge in [-0.2, -0.15) is 0 Å². The van der Waals surface area contributed by atoms with E-state index in [0.717, 1.165) is 6.92 Å². The van der Waals surface area contributed by atoms with Gasteiger partial charge in [-0.15, -0.1) is 0 Å². The predicted molar refractivity (Wildman–Crippen MR) is 59.1 cm³/mol. The van der Waals surface area contributed by atoms with Crippen LogP contribution in [0.25, 0.3) is 10.9 Å². The van der Waals surface area contributed by atoms with Crippen molar-refractivity contribution in [2.45, 2.75) is 12.8 Å². The van der Waals surface area contributed by atoms with Gasteiger partial charge in [-0.1, -0.05) is 17.7 Å². The molecule has 16 heavy (non-hydrogen) atoms. The second-order valence-corrected chi connectivity index (χ2v) is 4.10. The highest BCUT2D eigenvalue weighted by atomic mass is 35.5. The van der Waals surface area contributed by atoms with Crippen LogP contribution < -0.4 is 0 Å². The summed E-state index contributed by atoms with van der Waals surface area (Å²) in [6.07, 6.45) is 0. The van der Waals surface area contributed by atoms with Gasteiger partial charge in [0.1, 0.15) is 5.15 Å². The standard InChI is InChI=1S/C10H6Cl2F2N2/c1-10(13,14)5-2-3-6-7(4-5)15-9(12)16-8(6)11/h2-4H,1H3. The number of aromatic nitrogens is 2. The molecule has 0 amide bonds. The molecule has 0 spiro atoms. The Kier molecular flexibility index (Phi) is 2.72. The molecule has 1 aromatic heterocycles. The number of alkyl halides is 2. The lowest BCUT2D eigenvalue weighted by atomic mass is 10.1. The van der Waals surface area contributed by atoms with Gasteiger partial charge in [-0.05, 0) is 23.7 Å². The van der Waals surface area contributed by atoms with E-state index in [2.05, 4.69) is 9.97 Å². The summed E-state index contributed by atoms with van der Waals surface area (Å²) >= 11 is 11.4. The molecule has 6 heteroatoms. The van der Waals surface area contributed by atoms with Gasteiger partial charge in [0.2, 0.25) is 5.28 Å². The molecule has 0 radical (unpaired) electrons. The van der Waals surface area contributed by atoms with Crippen molar-refractivity contribution in [1.29, 1.82) is 0 Å². The zero-order valence-corrected chi connectivity index (χ0v) is 9.65. The summed E-state index contributed by atoms with van der Waals surface area (Å²) in [4.78, 5) is 7.57. The molecule has 0 fully saturated rings. The largest absolute Gasteiger partial charge is 0.270 e. The van der Waals surface area contributed by atoms with Gasteiger partial charge in [0.05, 0.1) is 5.52 Å². The molecule has 2 aromatic rings. The minimum absolute atomic E-state index is 0.0610. The maximum Gasteiger partial charge on any atom is 0.270 e. The normalized spacial score (nSPS) is 12.1. The van der Waals surface area contributed by atoms with Crippen molar-refractivity contribution in [3.8, 4) is 0 Å². The topological polar surface area (TPSA) is 25.8 Å². The van der Waals surface area contributed by atoms with Gasteiger partial charge in [-0.3, -0.25) is 0 Å². The summed E-state index contributed by atoms with van der Waals surface area (Å²) < 4.78 is 26.1. The zero-order chi connectivity index (χ0) is 11.9. The Labute approximate surface area is 100 Å². The molecule has 1 heterocycles. The fourth-order valence-electron chi connectivity index (χ4n) is 1.34. The maximum absolute atomic E-state index is 13.1. The third kappa shape index (κ3) is 2.08. The Hall–Kier alpha value is -1.00. The first-order valence-corrected chi connectivity index (χ1v) is 5.14.